The van der Waals surface area contributed by atoms with Crippen molar-refractivity contribution >= 4 is 29.8 Å². The van der Waals surface area contributed by atoms with Gasteiger partial charge in [-0.1, -0.05) is 36.4 Å². The predicted octanol–water partition coefficient (Wildman–Crippen LogP) is 2.94. The number of hydrogen-bond donors (Lipinski definition) is 3. The van der Waals surface area contributed by atoms with Crippen molar-refractivity contribution in [2.75, 3.05) is 19.8 Å². The molecule has 2 aromatic carbocycles. The van der Waals surface area contributed by atoms with Gasteiger partial charge < -0.3 is 34.7 Å². The number of alkyl halides is 3. The van der Waals surface area contributed by atoms with Crippen molar-refractivity contribution in [1.82, 2.24) is 15.7 Å². The first-order valence-electron chi connectivity index (χ1n) is 18.2. The summed E-state index contributed by atoms with van der Waals surface area (Å²) in [5.74, 6) is -2.94. The molecule has 2 bridgehead atoms. The third kappa shape index (κ3) is 6.89. The molecule has 13 nitrogen and oxygen atoms in total. The molecule has 3 aliphatic carbocycles. The Balaban J connectivity index is 1.04. The summed E-state index contributed by atoms with van der Waals surface area (Å²) in [4.78, 5) is 59.5. The minimum atomic E-state index is -4.63. The number of hydroxylamine groups is 2. The van der Waals surface area contributed by atoms with E-state index < -0.39 is 72.3 Å². The van der Waals surface area contributed by atoms with Crippen molar-refractivity contribution in [2.24, 2.45) is 17.3 Å². The van der Waals surface area contributed by atoms with Crippen LogP contribution in [0.2, 0.25) is 0 Å². The number of aliphatic hydroxyl groups is 1. The van der Waals surface area contributed by atoms with E-state index in [1.807, 2.05) is 0 Å². The van der Waals surface area contributed by atoms with Gasteiger partial charge in [-0.2, -0.15) is 18.2 Å². The minimum Gasteiger partial charge on any atom is -0.458 e. The van der Waals surface area contributed by atoms with Crippen molar-refractivity contribution in [1.29, 1.82) is 0 Å². The van der Waals surface area contributed by atoms with Crippen LogP contribution >= 0.6 is 0 Å². The van der Waals surface area contributed by atoms with E-state index in [0.717, 1.165) is 31.8 Å². The van der Waals surface area contributed by atoms with Crippen LogP contribution in [0.1, 0.15) is 59.2 Å². The maximum atomic E-state index is 14.6. The molecule has 2 aromatic rings. The van der Waals surface area contributed by atoms with Gasteiger partial charge >= 0.3 is 18.1 Å². The first kappa shape index (κ1) is 36.6. The highest BCUT2D eigenvalue weighted by Gasteiger charge is 2.78. The Morgan fingerprint density at radius 1 is 0.981 bits per heavy atom. The summed E-state index contributed by atoms with van der Waals surface area (Å²) < 4.78 is 61.1. The SMILES string of the molecule is O=C(C=Cc1ccc(CN2O[C@@H]3[C@H]4OC(C5CC5)(C5CC5)O[C@H]4[C@H]4C[C@]3(C(=O)NCc3cccc(C(=O)NCCO)c3)[C@@H]2C(=O)O4)cc1)OCC(F)(F)F. The van der Waals surface area contributed by atoms with E-state index in [4.69, 9.17) is 24.2 Å². The molecule has 6 aliphatic rings. The normalized spacial score (nSPS) is 29.8. The van der Waals surface area contributed by atoms with E-state index in [9.17, 15) is 32.3 Å². The molecule has 0 spiro atoms. The standard InChI is InChI=1S/C38H40F3N3O10/c39-37(40,41)20-50-28(46)13-8-21-4-6-22(7-5-21)19-44-31-34(48)51-27-17-36(31,35(49)43-18-23-2-1-3-24(16-23)33(47)42-14-15-45)32(54-44)30-29(27)52-38(53-30,25-9-10-25)26-11-12-26/h1-8,13,16,25-27,29-32,45H,9-12,14-15,17-20H2,(H,42,47)(H,43,49)/t27-,29+,30+,31+,32-,36+/m1/s1. The number of nitrogens with one attached hydrogen (secondary N) is 2. The topological polar surface area (TPSA) is 162 Å². The molecule has 2 amide bonds. The van der Waals surface area contributed by atoms with Crippen LogP contribution in [0, 0.1) is 17.3 Å². The maximum absolute atomic E-state index is 14.6. The third-order valence-electron chi connectivity index (χ3n) is 11.1. The fraction of sp³-hybridized carbons (Fsp3) is 0.526. The molecule has 6 atom stereocenters. The molecule has 8 rings (SSSR count). The quantitative estimate of drug-likeness (QED) is 0.204. The lowest BCUT2D eigenvalue weighted by Gasteiger charge is -2.48. The number of hydrogen-bond acceptors (Lipinski definition) is 11. The number of fused-ring (bicyclic) bond motifs is 4. The van der Waals surface area contributed by atoms with Crippen LogP contribution in [0.15, 0.2) is 54.6 Å². The average molecular weight is 756 g/mol. The molecule has 54 heavy (non-hydrogen) atoms. The lowest BCUT2D eigenvalue weighted by molar-refractivity contribution is -0.235. The minimum absolute atomic E-state index is 0.0547. The second-order valence-corrected chi connectivity index (χ2v) is 14.8. The number of carbonyl (C=O) groups is 4. The van der Waals surface area contributed by atoms with Crippen LogP contribution in [0.5, 0.6) is 0 Å². The van der Waals surface area contributed by atoms with Gasteiger partial charge in [0.05, 0.1) is 13.2 Å². The van der Waals surface area contributed by atoms with Gasteiger partial charge in [-0.05, 0) is 60.6 Å². The Bertz CT molecular complexity index is 1820. The number of aliphatic hydroxyl groups excluding tert-OH is 1. The number of ether oxygens (including phenoxy) is 4. The first-order chi connectivity index (χ1) is 25.9. The summed E-state index contributed by atoms with van der Waals surface area (Å²) in [7, 11) is 0. The molecule has 3 saturated carbocycles. The van der Waals surface area contributed by atoms with Crippen LogP contribution in [0.4, 0.5) is 13.2 Å². The summed E-state index contributed by atoms with van der Waals surface area (Å²) in [6.45, 7) is -1.67. The molecule has 3 aliphatic heterocycles. The summed E-state index contributed by atoms with van der Waals surface area (Å²) >= 11 is 0. The number of halogens is 3. The van der Waals surface area contributed by atoms with Crippen LogP contribution < -0.4 is 10.6 Å². The van der Waals surface area contributed by atoms with E-state index in [0.29, 0.717) is 22.3 Å². The third-order valence-corrected chi connectivity index (χ3v) is 11.1. The van der Waals surface area contributed by atoms with Crippen LogP contribution in [0.25, 0.3) is 6.08 Å². The molecular formula is C38H40F3N3O10. The zero-order valence-electron chi connectivity index (χ0n) is 29.1. The lowest BCUT2D eigenvalue weighted by atomic mass is 9.62. The van der Waals surface area contributed by atoms with Gasteiger partial charge in [-0.25, -0.2) is 4.79 Å². The first-order valence-corrected chi connectivity index (χ1v) is 18.2. The van der Waals surface area contributed by atoms with Crippen LogP contribution in [-0.2, 0) is 51.3 Å². The molecule has 3 heterocycles. The number of benzene rings is 2. The van der Waals surface area contributed by atoms with Gasteiger partial charge in [-0.3, -0.25) is 19.2 Å². The monoisotopic (exact) mass is 755 g/mol. The van der Waals surface area contributed by atoms with E-state index >= 15 is 0 Å². The van der Waals surface area contributed by atoms with Crippen LogP contribution in [-0.4, -0.2) is 96.1 Å². The number of amides is 2. The Hall–Kier alpha value is -4.35. The van der Waals surface area contributed by atoms with Crippen molar-refractivity contribution < 1.29 is 61.2 Å². The van der Waals surface area contributed by atoms with Crippen molar-refractivity contribution in [3.63, 3.8) is 0 Å². The summed E-state index contributed by atoms with van der Waals surface area (Å²) in [5, 5.41) is 16.2. The molecule has 3 N–H and O–H groups in total. The van der Waals surface area contributed by atoms with Crippen molar-refractivity contribution in [2.45, 2.75) is 87.6 Å². The van der Waals surface area contributed by atoms with E-state index in [1.165, 1.54) is 11.1 Å². The molecular weight excluding hydrogens is 715 g/mol. The van der Waals surface area contributed by atoms with Gasteiger partial charge in [0.1, 0.15) is 29.8 Å². The van der Waals surface area contributed by atoms with E-state index in [-0.39, 0.29) is 50.4 Å². The lowest BCUT2D eigenvalue weighted by Crippen LogP contribution is -2.69. The Kier molecular flexibility index (Phi) is 9.53. The van der Waals surface area contributed by atoms with E-state index in [1.54, 1.807) is 48.5 Å². The Labute approximate surface area is 308 Å². The zero-order chi connectivity index (χ0) is 37.8. The van der Waals surface area contributed by atoms with E-state index in [2.05, 4.69) is 15.4 Å². The smallest absolute Gasteiger partial charge is 0.422 e. The largest absolute Gasteiger partial charge is 0.458 e. The highest BCUT2D eigenvalue weighted by atomic mass is 19.4. The molecule has 0 radical (unpaired) electrons. The van der Waals surface area contributed by atoms with Crippen LogP contribution in [0.3, 0.4) is 0 Å². The number of rotatable bonds is 13. The zero-order valence-corrected chi connectivity index (χ0v) is 29.1. The second-order valence-electron chi connectivity index (χ2n) is 14.8. The fourth-order valence-corrected chi connectivity index (χ4v) is 8.39. The Morgan fingerprint density at radius 2 is 1.70 bits per heavy atom. The fourth-order valence-electron chi connectivity index (χ4n) is 8.39. The summed E-state index contributed by atoms with van der Waals surface area (Å²) in [6.07, 6.45) is -1.37. The van der Waals surface area contributed by atoms with Gasteiger partial charge in [0.25, 0.3) is 5.91 Å². The predicted molar refractivity (Wildman–Crippen MR) is 179 cm³/mol. The average Bonchev–Trinajstić information content (AvgIpc) is 4.10. The molecule has 3 saturated heterocycles. The molecule has 0 aromatic heterocycles. The Morgan fingerprint density at radius 3 is 2.39 bits per heavy atom. The second kappa shape index (κ2) is 14.1. The number of esters is 2. The molecule has 6 fully saturated rings. The van der Waals surface area contributed by atoms with Crippen molar-refractivity contribution in [3.05, 3.63) is 76.9 Å². The molecule has 0 unspecified atom stereocenters. The van der Waals surface area contributed by atoms with Crippen molar-refractivity contribution in [3.8, 4) is 0 Å². The van der Waals surface area contributed by atoms with Gasteiger partial charge in [0.15, 0.2) is 18.4 Å². The molecule has 288 valence electrons. The number of carbonyl (C=O) groups excluding carboxylic acids is 4. The maximum Gasteiger partial charge on any atom is 0.422 e. The number of nitrogens with zero attached hydrogens (tertiary/aromatic N) is 1. The highest BCUT2D eigenvalue weighted by Crippen LogP contribution is 2.63. The summed E-state index contributed by atoms with van der Waals surface area (Å²) in [6, 6.07) is 12.3. The molecule has 16 heteroatoms. The highest BCUT2D eigenvalue weighted by molar-refractivity contribution is 5.95. The van der Waals surface area contributed by atoms with Gasteiger partial charge in [0.2, 0.25) is 5.91 Å². The van der Waals surface area contributed by atoms with Gasteiger partial charge in [0, 0.05) is 43.0 Å². The van der Waals surface area contributed by atoms with Gasteiger partial charge in [-0.15, -0.1) is 0 Å². The summed E-state index contributed by atoms with van der Waals surface area (Å²) in [5.41, 5.74) is 0.789.